The molecule has 1 saturated heterocycles. The molecule has 1 aliphatic heterocycles. The Kier molecular flexibility index (Phi) is 6.27. The molecule has 1 heterocycles. The highest BCUT2D eigenvalue weighted by Crippen LogP contribution is 2.26. The van der Waals surface area contributed by atoms with Gasteiger partial charge in [-0.05, 0) is 17.9 Å². The molecule has 0 amide bonds. The number of likely N-dealkylation sites (tertiary alicyclic amines) is 1. The predicted octanol–water partition coefficient (Wildman–Crippen LogP) is 1.24. The van der Waals surface area contributed by atoms with Crippen LogP contribution in [-0.4, -0.2) is 37.3 Å². The Morgan fingerprint density at radius 3 is 2.45 bits per heavy atom. The first kappa shape index (κ1) is 17.3. The molecular formula is C19H26BrNO. The summed E-state index contributed by atoms with van der Waals surface area (Å²) in [7, 11) is 0. The van der Waals surface area contributed by atoms with E-state index in [-0.39, 0.29) is 17.0 Å². The Hall–Kier alpha value is -1.06. The van der Waals surface area contributed by atoms with Crippen molar-refractivity contribution < 1.29 is 26.2 Å². The van der Waals surface area contributed by atoms with Crippen LogP contribution in [0, 0.1) is 0 Å². The van der Waals surface area contributed by atoms with Crippen LogP contribution in [0.2, 0.25) is 0 Å². The lowest BCUT2D eigenvalue weighted by molar-refractivity contribution is -0.916. The first-order valence-corrected chi connectivity index (χ1v) is 8.29. The monoisotopic (exact) mass is 363 g/mol. The maximum Gasteiger partial charge on any atom is 0.137 e. The van der Waals surface area contributed by atoms with Gasteiger partial charge in [0.05, 0.1) is 19.6 Å². The van der Waals surface area contributed by atoms with Gasteiger partial charge in [0.1, 0.15) is 18.9 Å². The van der Waals surface area contributed by atoms with E-state index in [1.165, 1.54) is 54.2 Å². The van der Waals surface area contributed by atoms with Crippen LogP contribution in [0.5, 0.6) is 5.75 Å². The number of hydrogen-bond acceptors (Lipinski definition) is 1. The molecule has 2 aromatic rings. The minimum atomic E-state index is 0. The molecule has 1 aliphatic rings. The zero-order valence-corrected chi connectivity index (χ0v) is 15.0. The molecule has 3 rings (SSSR count). The molecule has 2 nitrogen and oxygen atoms in total. The fraction of sp³-hybridized carbons (Fsp3) is 0.474. The van der Waals surface area contributed by atoms with E-state index in [1.54, 1.807) is 0 Å². The number of rotatable bonds is 6. The molecular weight excluding hydrogens is 338 g/mol. The highest BCUT2D eigenvalue weighted by molar-refractivity contribution is 5.88. The first-order valence-electron chi connectivity index (χ1n) is 8.29. The number of nitrogens with zero attached hydrogens (tertiary/aromatic N) is 1. The summed E-state index contributed by atoms with van der Waals surface area (Å²) >= 11 is 0. The molecule has 0 saturated carbocycles. The van der Waals surface area contributed by atoms with E-state index in [1.807, 2.05) is 0 Å². The molecule has 0 N–H and O–H groups in total. The summed E-state index contributed by atoms with van der Waals surface area (Å²) < 4.78 is 7.40. The van der Waals surface area contributed by atoms with E-state index in [0.717, 1.165) is 18.9 Å². The number of ether oxygens (including phenoxy) is 1. The molecule has 2 aromatic carbocycles. The standard InChI is InChI=1S/C19H26NO.BrH/c1-2-12-20(13-5-6-14-20)15-16-21-19-11-7-9-17-8-3-4-10-18(17)19;/h3-4,7-11H,2,5-6,12-16H2,1H3;1H/q+1;/p-1. The largest absolute Gasteiger partial charge is 1.00 e. The molecule has 1 fully saturated rings. The zero-order chi connectivity index (χ0) is 14.5. The van der Waals surface area contributed by atoms with Crippen LogP contribution < -0.4 is 21.7 Å². The molecule has 120 valence electrons. The van der Waals surface area contributed by atoms with Crippen molar-refractivity contribution >= 4 is 10.8 Å². The second-order valence-corrected chi connectivity index (χ2v) is 6.27. The van der Waals surface area contributed by atoms with Gasteiger partial charge in [0.15, 0.2) is 0 Å². The Labute approximate surface area is 144 Å². The lowest BCUT2D eigenvalue weighted by atomic mass is 10.1. The minimum absolute atomic E-state index is 0. The fourth-order valence-electron chi connectivity index (χ4n) is 3.71. The van der Waals surface area contributed by atoms with Crippen LogP contribution in [0.1, 0.15) is 26.2 Å². The Bertz CT molecular complexity index is 588. The summed E-state index contributed by atoms with van der Waals surface area (Å²) in [5.41, 5.74) is 0. The first-order chi connectivity index (χ1) is 10.3. The number of benzene rings is 2. The Balaban J connectivity index is 0.00000176. The molecule has 0 aromatic heterocycles. The van der Waals surface area contributed by atoms with Gasteiger partial charge < -0.3 is 26.2 Å². The minimum Gasteiger partial charge on any atom is -1.00 e. The predicted molar refractivity (Wildman–Crippen MR) is 88.7 cm³/mol. The van der Waals surface area contributed by atoms with Crippen LogP contribution in [0.4, 0.5) is 0 Å². The van der Waals surface area contributed by atoms with E-state index in [4.69, 9.17) is 4.74 Å². The lowest BCUT2D eigenvalue weighted by Gasteiger charge is -2.33. The van der Waals surface area contributed by atoms with Gasteiger partial charge in [-0.1, -0.05) is 43.3 Å². The third kappa shape index (κ3) is 3.82. The van der Waals surface area contributed by atoms with Gasteiger partial charge in [0, 0.05) is 18.2 Å². The fourth-order valence-corrected chi connectivity index (χ4v) is 3.71. The van der Waals surface area contributed by atoms with E-state index in [2.05, 4.69) is 49.4 Å². The van der Waals surface area contributed by atoms with Crippen molar-refractivity contribution in [2.75, 3.05) is 32.8 Å². The van der Waals surface area contributed by atoms with Crippen molar-refractivity contribution in [3.8, 4) is 5.75 Å². The summed E-state index contributed by atoms with van der Waals surface area (Å²) in [6, 6.07) is 14.8. The quantitative estimate of drug-likeness (QED) is 0.701. The van der Waals surface area contributed by atoms with Crippen molar-refractivity contribution in [2.45, 2.75) is 26.2 Å². The Morgan fingerprint density at radius 2 is 1.68 bits per heavy atom. The molecule has 0 spiro atoms. The van der Waals surface area contributed by atoms with E-state index >= 15 is 0 Å². The summed E-state index contributed by atoms with van der Waals surface area (Å²) in [5, 5.41) is 2.48. The van der Waals surface area contributed by atoms with Gasteiger partial charge in [-0.2, -0.15) is 0 Å². The third-order valence-corrected chi connectivity index (χ3v) is 4.79. The number of halogens is 1. The molecule has 0 bridgehead atoms. The van der Waals surface area contributed by atoms with Crippen LogP contribution >= 0.6 is 0 Å². The van der Waals surface area contributed by atoms with E-state index < -0.39 is 0 Å². The van der Waals surface area contributed by atoms with Gasteiger partial charge >= 0.3 is 0 Å². The summed E-state index contributed by atoms with van der Waals surface area (Å²) in [6.07, 6.45) is 4.04. The second-order valence-electron chi connectivity index (χ2n) is 6.27. The van der Waals surface area contributed by atoms with Gasteiger partial charge in [-0.3, -0.25) is 0 Å². The molecule has 22 heavy (non-hydrogen) atoms. The summed E-state index contributed by atoms with van der Waals surface area (Å²) in [5.74, 6) is 1.03. The second kappa shape index (κ2) is 7.98. The lowest BCUT2D eigenvalue weighted by Crippen LogP contribution is -3.00. The molecule has 0 atom stereocenters. The highest BCUT2D eigenvalue weighted by Gasteiger charge is 2.30. The van der Waals surface area contributed by atoms with Crippen LogP contribution in [0.25, 0.3) is 10.8 Å². The topological polar surface area (TPSA) is 9.23 Å². The van der Waals surface area contributed by atoms with Crippen LogP contribution in [0.15, 0.2) is 42.5 Å². The van der Waals surface area contributed by atoms with Gasteiger partial charge in [-0.15, -0.1) is 0 Å². The highest BCUT2D eigenvalue weighted by atomic mass is 79.9. The number of hydrogen-bond donors (Lipinski definition) is 0. The van der Waals surface area contributed by atoms with Crippen LogP contribution in [-0.2, 0) is 0 Å². The smallest absolute Gasteiger partial charge is 0.137 e. The van der Waals surface area contributed by atoms with Gasteiger partial charge in [0.2, 0.25) is 0 Å². The van der Waals surface area contributed by atoms with Gasteiger partial charge in [0.25, 0.3) is 0 Å². The molecule has 0 aliphatic carbocycles. The Morgan fingerprint density at radius 1 is 0.955 bits per heavy atom. The maximum absolute atomic E-state index is 6.14. The average molecular weight is 364 g/mol. The zero-order valence-electron chi connectivity index (χ0n) is 13.4. The summed E-state index contributed by atoms with van der Waals surface area (Å²) in [4.78, 5) is 0. The van der Waals surface area contributed by atoms with E-state index in [9.17, 15) is 0 Å². The van der Waals surface area contributed by atoms with Crippen molar-refractivity contribution in [1.29, 1.82) is 0 Å². The van der Waals surface area contributed by atoms with E-state index in [0.29, 0.717) is 0 Å². The normalized spacial score (nSPS) is 16.4. The van der Waals surface area contributed by atoms with Crippen molar-refractivity contribution in [1.82, 2.24) is 0 Å². The van der Waals surface area contributed by atoms with Crippen molar-refractivity contribution in [3.05, 3.63) is 42.5 Å². The molecule has 0 radical (unpaired) electrons. The number of quaternary nitrogens is 1. The van der Waals surface area contributed by atoms with Crippen molar-refractivity contribution in [2.24, 2.45) is 0 Å². The third-order valence-electron chi connectivity index (χ3n) is 4.79. The molecule has 0 unspecified atom stereocenters. The van der Waals surface area contributed by atoms with Crippen LogP contribution in [0.3, 0.4) is 0 Å². The average Bonchev–Trinajstić information content (AvgIpc) is 2.97. The summed E-state index contributed by atoms with van der Waals surface area (Å²) in [6.45, 7) is 8.26. The molecule has 3 heteroatoms. The maximum atomic E-state index is 6.14. The van der Waals surface area contributed by atoms with Crippen molar-refractivity contribution in [3.63, 3.8) is 0 Å². The SMILES string of the molecule is CCC[N+]1(CCOc2cccc3ccccc23)CCCC1.[Br-]. The van der Waals surface area contributed by atoms with Gasteiger partial charge in [-0.25, -0.2) is 0 Å². The number of fused-ring (bicyclic) bond motifs is 1.